The maximum absolute atomic E-state index is 12.2. The second kappa shape index (κ2) is 7.99. The van der Waals surface area contributed by atoms with Crippen molar-refractivity contribution in [3.63, 3.8) is 0 Å². The Morgan fingerprint density at radius 3 is 2.12 bits per heavy atom. The Bertz CT molecular complexity index is 855. The van der Waals surface area contributed by atoms with E-state index in [1.54, 1.807) is 60.7 Å². The second-order valence-corrected chi connectivity index (χ2v) is 5.50. The van der Waals surface area contributed by atoms with Crippen LogP contribution >= 0.6 is 0 Å². The minimum absolute atomic E-state index is 0.0246. The van der Waals surface area contributed by atoms with Crippen LogP contribution in [0.1, 0.15) is 20.7 Å². The van der Waals surface area contributed by atoms with Crippen molar-refractivity contribution in [1.29, 1.82) is 5.26 Å². The number of allylic oxidation sites excluding steroid dienone is 1. The summed E-state index contributed by atoms with van der Waals surface area (Å²) in [6.07, 6.45) is -0.187. The van der Waals surface area contributed by atoms with Gasteiger partial charge >= 0.3 is 11.9 Å². The van der Waals surface area contributed by atoms with Crippen molar-refractivity contribution in [3.05, 3.63) is 83.6 Å². The molecule has 0 N–H and O–H groups in total. The van der Waals surface area contributed by atoms with Gasteiger partial charge in [-0.1, -0.05) is 36.4 Å². The van der Waals surface area contributed by atoms with E-state index in [9.17, 15) is 9.59 Å². The Kier molecular flexibility index (Phi) is 5.30. The van der Waals surface area contributed by atoms with Crippen LogP contribution in [-0.2, 0) is 14.2 Å². The minimum Gasteiger partial charge on any atom is -0.472 e. The maximum atomic E-state index is 12.2. The summed E-state index contributed by atoms with van der Waals surface area (Å²) in [5.74, 6) is -1.04. The molecule has 130 valence electrons. The Balaban J connectivity index is 1.63. The Labute approximate surface area is 150 Å². The first-order valence-electron chi connectivity index (χ1n) is 7.94. The molecule has 0 spiro atoms. The van der Waals surface area contributed by atoms with E-state index in [1.165, 1.54) is 6.08 Å². The largest absolute Gasteiger partial charge is 0.472 e. The normalized spacial score (nSPS) is 18.2. The molecule has 0 saturated carbocycles. The van der Waals surface area contributed by atoms with Crippen molar-refractivity contribution >= 4 is 11.9 Å². The summed E-state index contributed by atoms with van der Waals surface area (Å²) in [6, 6.07) is 18.8. The number of esters is 2. The van der Waals surface area contributed by atoms with E-state index in [4.69, 9.17) is 19.5 Å². The molecule has 6 heteroatoms. The number of rotatable bonds is 5. The highest BCUT2D eigenvalue weighted by atomic mass is 16.6. The van der Waals surface area contributed by atoms with Crippen LogP contribution in [0.2, 0.25) is 0 Å². The first-order valence-corrected chi connectivity index (χ1v) is 7.94. The van der Waals surface area contributed by atoms with E-state index in [-0.39, 0.29) is 12.4 Å². The lowest BCUT2D eigenvalue weighted by atomic mass is 10.2. The fourth-order valence-electron chi connectivity index (χ4n) is 2.41. The number of benzene rings is 2. The lowest BCUT2D eigenvalue weighted by molar-refractivity contribution is -0.0218. The molecule has 2 atom stereocenters. The van der Waals surface area contributed by atoms with Crippen molar-refractivity contribution in [2.75, 3.05) is 6.61 Å². The standard InChI is InChI=1S/C20H15NO5/c21-12-16-11-17(26-20(23)15-9-5-2-6-10-15)18(25-16)13-24-19(22)14-7-3-1-4-8-14/h1-11,17-18H,13H2/t17-,18+/m0/s1. The highest BCUT2D eigenvalue weighted by Gasteiger charge is 2.34. The van der Waals surface area contributed by atoms with E-state index >= 15 is 0 Å². The highest BCUT2D eigenvalue weighted by Crippen LogP contribution is 2.22. The van der Waals surface area contributed by atoms with Crippen molar-refractivity contribution in [2.45, 2.75) is 12.2 Å². The van der Waals surface area contributed by atoms with Gasteiger partial charge in [-0.3, -0.25) is 0 Å². The summed E-state index contributed by atoms with van der Waals surface area (Å²) in [7, 11) is 0. The first kappa shape index (κ1) is 17.2. The van der Waals surface area contributed by atoms with Gasteiger partial charge < -0.3 is 14.2 Å². The number of carbonyl (C=O) groups excluding carboxylic acids is 2. The molecule has 26 heavy (non-hydrogen) atoms. The molecular formula is C20H15NO5. The topological polar surface area (TPSA) is 85.6 Å². The van der Waals surface area contributed by atoms with Gasteiger partial charge in [0.1, 0.15) is 12.7 Å². The van der Waals surface area contributed by atoms with Crippen LogP contribution in [0.3, 0.4) is 0 Å². The molecule has 0 amide bonds. The van der Waals surface area contributed by atoms with E-state index in [2.05, 4.69) is 0 Å². The zero-order valence-corrected chi connectivity index (χ0v) is 13.7. The number of hydrogen-bond acceptors (Lipinski definition) is 6. The van der Waals surface area contributed by atoms with Gasteiger partial charge in [0.2, 0.25) is 0 Å². The number of nitrogens with zero attached hydrogens (tertiary/aromatic N) is 1. The third-order valence-corrected chi connectivity index (χ3v) is 3.71. The molecule has 2 aromatic carbocycles. The van der Waals surface area contributed by atoms with E-state index < -0.39 is 24.1 Å². The Morgan fingerprint density at radius 2 is 1.54 bits per heavy atom. The highest BCUT2D eigenvalue weighted by molar-refractivity contribution is 5.90. The molecule has 0 aliphatic carbocycles. The summed E-state index contributed by atoms with van der Waals surface area (Å²) in [4.78, 5) is 24.2. The zero-order chi connectivity index (χ0) is 18.4. The second-order valence-electron chi connectivity index (χ2n) is 5.50. The van der Waals surface area contributed by atoms with E-state index in [0.29, 0.717) is 11.1 Å². The molecule has 0 aromatic heterocycles. The van der Waals surface area contributed by atoms with Gasteiger partial charge in [0, 0.05) is 6.08 Å². The van der Waals surface area contributed by atoms with Crippen LogP contribution in [-0.4, -0.2) is 30.8 Å². The molecule has 0 unspecified atom stereocenters. The maximum Gasteiger partial charge on any atom is 0.338 e. The van der Waals surface area contributed by atoms with Crippen molar-refractivity contribution in [1.82, 2.24) is 0 Å². The molecule has 1 heterocycles. The lowest BCUT2D eigenvalue weighted by Crippen LogP contribution is -2.32. The fraction of sp³-hybridized carbons (Fsp3) is 0.150. The first-order chi connectivity index (χ1) is 12.7. The Hall–Kier alpha value is -3.59. The molecule has 6 nitrogen and oxygen atoms in total. The van der Waals surface area contributed by atoms with Crippen molar-refractivity contribution < 1.29 is 23.8 Å². The van der Waals surface area contributed by atoms with E-state index in [0.717, 1.165) is 0 Å². The Morgan fingerprint density at radius 1 is 0.962 bits per heavy atom. The molecule has 0 fully saturated rings. The average molecular weight is 349 g/mol. The third-order valence-electron chi connectivity index (χ3n) is 3.71. The van der Waals surface area contributed by atoms with Crippen molar-refractivity contribution in [3.8, 4) is 6.07 Å². The molecule has 1 aliphatic heterocycles. The predicted molar refractivity (Wildman–Crippen MR) is 90.9 cm³/mol. The molecule has 0 saturated heterocycles. The summed E-state index contributed by atoms with van der Waals surface area (Å²) in [6.45, 7) is -0.151. The predicted octanol–water partition coefficient (Wildman–Crippen LogP) is 2.88. The molecular weight excluding hydrogens is 334 g/mol. The van der Waals surface area contributed by atoms with E-state index in [1.807, 2.05) is 6.07 Å². The van der Waals surface area contributed by atoms with Gasteiger partial charge in [0.15, 0.2) is 18.0 Å². The van der Waals surface area contributed by atoms with Crippen LogP contribution in [0.5, 0.6) is 0 Å². The fourth-order valence-corrected chi connectivity index (χ4v) is 2.41. The minimum atomic E-state index is -0.819. The molecule has 2 aromatic rings. The van der Waals surface area contributed by atoms with Gasteiger partial charge in [-0.2, -0.15) is 5.26 Å². The van der Waals surface area contributed by atoms with Crippen LogP contribution < -0.4 is 0 Å². The summed E-state index contributed by atoms with van der Waals surface area (Å²) < 4.78 is 16.0. The van der Waals surface area contributed by atoms with Crippen molar-refractivity contribution in [2.24, 2.45) is 0 Å². The monoisotopic (exact) mass is 349 g/mol. The smallest absolute Gasteiger partial charge is 0.338 e. The lowest BCUT2D eigenvalue weighted by Gasteiger charge is -2.19. The SMILES string of the molecule is N#CC1=C[C@H](OC(=O)c2ccccc2)[C@@H](COC(=O)c2ccccc2)O1. The number of ether oxygens (including phenoxy) is 3. The van der Waals surface area contributed by atoms with Gasteiger partial charge in [-0.05, 0) is 24.3 Å². The molecule has 0 radical (unpaired) electrons. The summed E-state index contributed by atoms with van der Waals surface area (Å²) >= 11 is 0. The van der Waals surface area contributed by atoms with Gasteiger partial charge in [-0.15, -0.1) is 0 Å². The van der Waals surface area contributed by atoms with Gasteiger partial charge in [0.05, 0.1) is 11.1 Å². The van der Waals surface area contributed by atoms with Crippen LogP contribution in [0.25, 0.3) is 0 Å². The number of carbonyl (C=O) groups is 2. The molecule has 3 rings (SSSR count). The van der Waals surface area contributed by atoms with Gasteiger partial charge in [-0.25, -0.2) is 9.59 Å². The molecule has 1 aliphatic rings. The zero-order valence-electron chi connectivity index (χ0n) is 13.7. The average Bonchev–Trinajstić information content (AvgIpc) is 3.09. The third kappa shape index (κ3) is 4.08. The van der Waals surface area contributed by atoms with Crippen LogP contribution in [0.15, 0.2) is 72.5 Å². The molecule has 0 bridgehead atoms. The number of hydrogen-bond donors (Lipinski definition) is 0. The van der Waals surface area contributed by atoms with Crippen LogP contribution in [0.4, 0.5) is 0 Å². The summed E-state index contributed by atoms with van der Waals surface area (Å²) in [5.41, 5.74) is 0.781. The van der Waals surface area contributed by atoms with Gasteiger partial charge in [0.25, 0.3) is 0 Å². The quantitative estimate of drug-likeness (QED) is 0.772. The van der Waals surface area contributed by atoms with Crippen LogP contribution in [0, 0.1) is 11.3 Å². The summed E-state index contributed by atoms with van der Waals surface area (Å²) in [5, 5.41) is 9.02. The number of nitriles is 1.